The van der Waals surface area contributed by atoms with Crippen molar-refractivity contribution in [1.82, 2.24) is 0 Å². The second-order valence-corrected chi connectivity index (χ2v) is 5.39. The summed E-state index contributed by atoms with van der Waals surface area (Å²) in [5.74, 6) is 0. The second kappa shape index (κ2) is 8.64. The SMILES string of the molecule is C.Cc1ccccc1N=C(C=Cc1ccccc1)c1ccccc1. The molecular weight excluding hydrogens is 290 g/mol. The largest absolute Gasteiger partial charge is 0.248 e. The van der Waals surface area contributed by atoms with Gasteiger partial charge < -0.3 is 0 Å². The van der Waals surface area contributed by atoms with Crippen LogP contribution >= 0.6 is 0 Å². The van der Waals surface area contributed by atoms with Crippen LogP contribution in [0.25, 0.3) is 6.08 Å². The average Bonchev–Trinajstić information content (AvgIpc) is 2.62. The maximum Gasteiger partial charge on any atom is 0.0709 e. The Kier molecular flexibility index (Phi) is 6.27. The minimum Gasteiger partial charge on any atom is -0.248 e. The van der Waals surface area contributed by atoms with E-state index >= 15 is 0 Å². The first kappa shape index (κ1) is 17.4. The van der Waals surface area contributed by atoms with Crippen molar-refractivity contribution >= 4 is 17.5 Å². The number of para-hydroxylation sites is 1. The fourth-order valence-corrected chi connectivity index (χ4v) is 2.36. The van der Waals surface area contributed by atoms with E-state index in [0.29, 0.717) is 0 Å². The number of hydrogen-bond donors (Lipinski definition) is 0. The molecule has 24 heavy (non-hydrogen) atoms. The predicted octanol–water partition coefficient (Wildman–Crippen LogP) is 6.47. The lowest BCUT2D eigenvalue weighted by Gasteiger charge is -2.05. The van der Waals surface area contributed by atoms with Gasteiger partial charge in [-0.25, -0.2) is 4.99 Å². The van der Waals surface area contributed by atoms with Gasteiger partial charge in [0.05, 0.1) is 11.4 Å². The highest BCUT2D eigenvalue weighted by Gasteiger charge is 2.01. The molecule has 0 aliphatic heterocycles. The maximum absolute atomic E-state index is 4.87. The van der Waals surface area contributed by atoms with Gasteiger partial charge in [0, 0.05) is 5.56 Å². The third kappa shape index (κ3) is 4.53. The predicted molar refractivity (Wildman–Crippen MR) is 106 cm³/mol. The van der Waals surface area contributed by atoms with Crippen LogP contribution < -0.4 is 0 Å². The van der Waals surface area contributed by atoms with Crippen LogP contribution in [0.4, 0.5) is 5.69 Å². The monoisotopic (exact) mass is 313 g/mol. The van der Waals surface area contributed by atoms with E-state index in [1.165, 1.54) is 11.1 Å². The number of allylic oxidation sites excluding steroid dienone is 1. The van der Waals surface area contributed by atoms with E-state index in [2.05, 4.69) is 55.5 Å². The van der Waals surface area contributed by atoms with E-state index in [1.807, 2.05) is 48.5 Å². The Bertz CT molecular complexity index is 815. The van der Waals surface area contributed by atoms with Crippen molar-refractivity contribution in [2.24, 2.45) is 4.99 Å². The van der Waals surface area contributed by atoms with Gasteiger partial charge in [-0.2, -0.15) is 0 Å². The molecule has 0 bridgehead atoms. The van der Waals surface area contributed by atoms with Gasteiger partial charge in [-0.15, -0.1) is 0 Å². The minimum atomic E-state index is 0. The van der Waals surface area contributed by atoms with Gasteiger partial charge in [0.25, 0.3) is 0 Å². The van der Waals surface area contributed by atoms with E-state index in [0.717, 1.165) is 17.0 Å². The summed E-state index contributed by atoms with van der Waals surface area (Å²) in [7, 11) is 0. The first-order valence-corrected chi connectivity index (χ1v) is 7.76. The Balaban J connectivity index is 0.00000208. The van der Waals surface area contributed by atoms with Crippen LogP contribution in [-0.4, -0.2) is 5.71 Å². The molecule has 0 heterocycles. The van der Waals surface area contributed by atoms with Crippen molar-refractivity contribution in [3.63, 3.8) is 0 Å². The Morgan fingerprint density at radius 3 is 2.00 bits per heavy atom. The molecule has 0 saturated carbocycles. The highest BCUT2D eigenvalue weighted by molar-refractivity contribution is 6.11. The number of nitrogens with zero attached hydrogens (tertiary/aromatic N) is 1. The molecule has 0 radical (unpaired) electrons. The lowest BCUT2D eigenvalue weighted by molar-refractivity contribution is 1.39. The number of rotatable bonds is 4. The van der Waals surface area contributed by atoms with E-state index in [4.69, 9.17) is 4.99 Å². The van der Waals surface area contributed by atoms with Crippen LogP contribution in [0.5, 0.6) is 0 Å². The van der Waals surface area contributed by atoms with Crippen molar-refractivity contribution < 1.29 is 0 Å². The number of aryl methyl sites for hydroxylation is 1. The van der Waals surface area contributed by atoms with Gasteiger partial charge in [-0.1, -0.05) is 92.4 Å². The van der Waals surface area contributed by atoms with E-state index < -0.39 is 0 Å². The van der Waals surface area contributed by atoms with Gasteiger partial charge in [-0.05, 0) is 30.2 Å². The van der Waals surface area contributed by atoms with Gasteiger partial charge in [0.15, 0.2) is 0 Å². The lowest BCUT2D eigenvalue weighted by Crippen LogP contribution is -1.96. The van der Waals surface area contributed by atoms with Gasteiger partial charge in [0.2, 0.25) is 0 Å². The molecule has 0 saturated heterocycles. The fourth-order valence-electron chi connectivity index (χ4n) is 2.36. The molecule has 0 spiro atoms. The number of aliphatic imine (C=N–C) groups is 1. The summed E-state index contributed by atoms with van der Waals surface area (Å²) in [6, 6.07) is 28.8. The van der Waals surface area contributed by atoms with Crippen LogP contribution in [0.2, 0.25) is 0 Å². The Morgan fingerprint density at radius 2 is 1.33 bits per heavy atom. The molecule has 0 aliphatic rings. The molecule has 3 rings (SSSR count). The van der Waals surface area contributed by atoms with E-state index in [1.54, 1.807) is 0 Å². The Hall–Kier alpha value is -2.93. The van der Waals surface area contributed by atoms with Crippen LogP contribution in [0, 0.1) is 6.92 Å². The first-order valence-electron chi connectivity index (χ1n) is 7.76. The molecule has 0 N–H and O–H groups in total. The molecule has 0 aliphatic carbocycles. The summed E-state index contributed by atoms with van der Waals surface area (Å²) >= 11 is 0. The number of hydrogen-bond acceptors (Lipinski definition) is 1. The quantitative estimate of drug-likeness (QED) is 0.490. The molecule has 0 aromatic heterocycles. The summed E-state index contributed by atoms with van der Waals surface area (Å²) in [4.78, 5) is 4.87. The van der Waals surface area contributed by atoms with Crippen LogP contribution in [0.3, 0.4) is 0 Å². The molecular formula is C23H23N. The highest BCUT2D eigenvalue weighted by atomic mass is 14.7. The standard InChI is InChI=1S/C22H19N.CH4/c1-18-10-8-9-15-21(18)23-22(20-13-6-3-7-14-20)17-16-19-11-4-2-5-12-19;/h2-17H,1H3;1H4. The molecule has 0 amide bonds. The van der Waals surface area contributed by atoms with Crippen molar-refractivity contribution in [1.29, 1.82) is 0 Å². The van der Waals surface area contributed by atoms with Crippen LogP contribution in [0.1, 0.15) is 24.1 Å². The fraction of sp³-hybridized carbons (Fsp3) is 0.0870. The van der Waals surface area contributed by atoms with Gasteiger partial charge >= 0.3 is 0 Å². The zero-order valence-corrected chi connectivity index (χ0v) is 13.2. The molecule has 120 valence electrons. The van der Waals surface area contributed by atoms with E-state index in [-0.39, 0.29) is 7.43 Å². The second-order valence-electron chi connectivity index (χ2n) is 5.39. The topological polar surface area (TPSA) is 12.4 Å². The minimum absolute atomic E-state index is 0. The number of benzene rings is 3. The van der Waals surface area contributed by atoms with Crippen molar-refractivity contribution in [3.8, 4) is 0 Å². The van der Waals surface area contributed by atoms with Crippen molar-refractivity contribution in [3.05, 3.63) is 108 Å². The molecule has 0 atom stereocenters. The van der Waals surface area contributed by atoms with Crippen molar-refractivity contribution in [2.45, 2.75) is 14.4 Å². The third-order valence-corrected chi connectivity index (χ3v) is 3.66. The van der Waals surface area contributed by atoms with Gasteiger partial charge in [0.1, 0.15) is 0 Å². The molecule has 0 unspecified atom stereocenters. The zero-order chi connectivity index (χ0) is 15.9. The maximum atomic E-state index is 4.87. The summed E-state index contributed by atoms with van der Waals surface area (Å²) in [5.41, 5.74) is 5.42. The molecule has 1 nitrogen and oxygen atoms in total. The van der Waals surface area contributed by atoms with Gasteiger partial charge in [-0.3, -0.25) is 0 Å². The van der Waals surface area contributed by atoms with Crippen LogP contribution in [-0.2, 0) is 0 Å². The Labute approximate surface area is 145 Å². The molecule has 1 heteroatoms. The van der Waals surface area contributed by atoms with Crippen LogP contribution in [0.15, 0.2) is 96.0 Å². The average molecular weight is 313 g/mol. The normalized spacial score (nSPS) is 11.3. The summed E-state index contributed by atoms with van der Waals surface area (Å²) < 4.78 is 0. The molecule has 3 aromatic carbocycles. The summed E-state index contributed by atoms with van der Waals surface area (Å²) in [6.45, 7) is 2.09. The smallest absolute Gasteiger partial charge is 0.0709 e. The summed E-state index contributed by atoms with van der Waals surface area (Å²) in [6.07, 6.45) is 4.18. The summed E-state index contributed by atoms with van der Waals surface area (Å²) in [5, 5.41) is 0. The zero-order valence-electron chi connectivity index (χ0n) is 13.2. The first-order chi connectivity index (χ1) is 11.3. The molecule has 0 fully saturated rings. The highest BCUT2D eigenvalue weighted by Crippen LogP contribution is 2.19. The third-order valence-electron chi connectivity index (χ3n) is 3.66. The Morgan fingerprint density at radius 1 is 0.750 bits per heavy atom. The van der Waals surface area contributed by atoms with E-state index in [9.17, 15) is 0 Å². The molecule has 3 aromatic rings. The van der Waals surface area contributed by atoms with Crippen molar-refractivity contribution in [2.75, 3.05) is 0 Å². The lowest BCUT2D eigenvalue weighted by atomic mass is 10.1.